The summed E-state index contributed by atoms with van der Waals surface area (Å²) in [5.41, 5.74) is 10.1. The van der Waals surface area contributed by atoms with Crippen LogP contribution < -0.4 is 11.1 Å². The van der Waals surface area contributed by atoms with Crippen LogP contribution in [0, 0.1) is 5.92 Å². The Balaban J connectivity index is 1.14. The van der Waals surface area contributed by atoms with E-state index in [1.54, 1.807) is 6.20 Å². The zero-order valence-corrected chi connectivity index (χ0v) is 23.3. The second-order valence-corrected chi connectivity index (χ2v) is 12.0. The molecule has 1 aromatic heterocycles. The van der Waals surface area contributed by atoms with Crippen molar-refractivity contribution in [3.63, 3.8) is 0 Å². The Hall–Kier alpha value is -3.20. The fourth-order valence-corrected chi connectivity index (χ4v) is 6.77. The Bertz CT molecular complexity index is 1340. The number of carbonyl (C=O) groups is 1. The minimum Gasteiger partial charge on any atom is -0.379 e. The fraction of sp³-hybridized carbons (Fsp3) is 0.455. The van der Waals surface area contributed by atoms with Gasteiger partial charge in [-0.05, 0) is 48.8 Å². The molecule has 216 valence electrons. The van der Waals surface area contributed by atoms with Gasteiger partial charge in [-0.15, -0.1) is 0 Å². The highest BCUT2D eigenvalue weighted by Gasteiger charge is 2.55. The van der Waals surface area contributed by atoms with E-state index in [1.807, 2.05) is 60.7 Å². The maximum absolute atomic E-state index is 13.5. The van der Waals surface area contributed by atoms with Crippen LogP contribution in [0.15, 0.2) is 66.9 Å². The summed E-state index contributed by atoms with van der Waals surface area (Å²) in [5, 5.41) is 3.09. The molecule has 0 unspecified atom stereocenters. The van der Waals surface area contributed by atoms with Crippen LogP contribution >= 0.6 is 0 Å². The van der Waals surface area contributed by atoms with Crippen molar-refractivity contribution < 1.29 is 18.3 Å². The third-order valence-corrected chi connectivity index (χ3v) is 8.99. The van der Waals surface area contributed by atoms with E-state index in [4.69, 9.17) is 15.5 Å². The molecule has 1 aliphatic heterocycles. The van der Waals surface area contributed by atoms with Gasteiger partial charge >= 0.3 is 0 Å². The molecule has 2 heterocycles. The molecule has 2 aliphatic carbocycles. The number of rotatable bonds is 7. The van der Waals surface area contributed by atoms with Crippen molar-refractivity contribution in [2.24, 2.45) is 11.7 Å². The van der Waals surface area contributed by atoms with Gasteiger partial charge in [-0.3, -0.25) is 14.7 Å². The van der Waals surface area contributed by atoms with Crippen LogP contribution in [0.1, 0.15) is 50.5 Å². The summed E-state index contributed by atoms with van der Waals surface area (Å²) in [6.07, 6.45) is 5.95. The molecule has 8 heteroatoms. The molecule has 1 saturated heterocycles. The van der Waals surface area contributed by atoms with Crippen LogP contribution in [0.2, 0.25) is 0 Å². The number of carbonyl (C=O) groups excluding carboxylic acids is 1. The van der Waals surface area contributed by atoms with Gasteiger partial charge in [0.1, 0.15) is 0 Å². The smallest absolute Gasteiger partial charge is 0.252 e. The molecule has 6 nitrogen and oxygen atoms in total. The topological polar surface area (TPSA) is 80.5 Å². The highest BCUT2D eigenvalue weighted by Crippen LogP contribution is 2.50. The molecule has 0 atom stereocenters. The normalized spacial score (nSPS) is 23.9. The minimum atomic E-state index is -2.70. The van der Waals surface area contributed by atoms with Crippen molar-refractivity contribution in [3.05, 3.63) is 72.4 Å². The average Bonchev–Trinajstić information content (AvgIpc) is 2.97. The number of halogens is 2. The molecule has 41 heavy (non-hydrogen) atoms. The molecule has 1 amide bonds. The Morgan fingerprint density at radius 1 is 0.976 bits per heavy atom. The van der Waals surface area contributed by atoms with Crippen LogP contribution in [0.4, 0.5) is 14.5 Å². The highest BCUT2D eigenvalue weighted by atomic mass is 19.3. The number of nitrogens with one attached hydrogen (secondary N) is 1. The Kier molecular flexibility index (Phi) is 7.90. The van der Waals surface area contributed by atoms with E-state index >= 15 is 0 Å². The predicted octanol–water partition coefficient (Wildman–Crippen LogP) is 6.22. The van der Waals surface area contributed by atoms with Gasteiger partial charge in [-0.2, -0.15) is 0 Å². The number of aromatic nitrogens is 1. The van der Waals surface area contributed by atoms with Crippen LogP contribution in [-0.4, -0.2) is 54.1 Å². The van der Waals surface area contributed by atoms with E-state index in [-0.39, 0.29) is 18.7 Å². The van der Waals surface area contributed by atoms with Crippen LogP contribution in [0.3, 0.4) is 0 Å². The van der Waals surface area contributed by atoms with Gasteiger partial charge in [-0.25, -0.2) is 8.78 Å². The predicted molar refractivity (Wildman–Crippen MR) is 157 cm³/mol. The lowest BCUT2D eigenvalue weighted by molar-refractivity contribution is -0.125. The highest BCUT2D eigenvalue weighted by molar-refractivity contribution is 5.93. The van der Waals surface area contributed by atoms with Gasteiger partial charge < -0.3 is 15.8 Å². The maximum Gasteiger partial charge on any atom is 0.252 e. The van der Waals surface area contributed by atoms with E-state index in [2.05, 4.69) is 10.2 Å². The zero-order chi connectivity index (χ0) is 28.5. The van der Waals surface area contributed by atoms with Crippen molar-refractivity contribution in [1.82, 2.24) is 9.88 Å². The Morgan fingerprint density at radius 3 is 2.32 bits per heavy atom. The summed E-state index contributed by atoms with van der Waals surface area (Å²) in [6, 6.07) is 19.9. The number of nitrogens with two attached hydrogens (primary N) is 1. The largest absolute Gasteiger partial charge is 0.379 e. The molecule has 3 N–H and O–H groups in total. The molecular weight excluding hydrogens is 522 g/mol. The number of hydrogen-bond donors (Lipinski definition) is 2. The number of nitrogens with zero attached hydrogens (tertiary/aromatic N) is 2. The molecule has 3 fully saturated rings. The van der Waals surface area contributed by atoms with E-state index in [0.29, 0.717) is 29.6 Å². The van der Waals surface area contributed by atoms with Gasteiger partial charge in [-0.1, -0.05) is 54.6 Å². The molecule has 3 aromatic rings. The average molecular weight is 561 g/mol. The summed E-state index contributed by atoms with van der Waals surface area (Å²) in [7, 11) is 0. The molecule has 6 rings (SSSR count). The van der Waals surface area contributed by atoms with Crippen LogP contribution in [-0.2, 0) is 15.1 Å². The fourth-order valence-electron chi connectivity index (χ4n) is 6.77. The monoisotopic (exact) mass is 560 g/mol. The van der Waals surface area contributed by atoms with Gasteiger partial charge in [0.2, 0.25) is 5.91 Å². The summed E-state index contributed by atoms with van der Waals surface area (Å²) < 4.78 is 32.5. The lowest BCUT2D eigenvalue weighted by Crippen LogP contribution is -2.55. The Morgan fingerprint density at radius 2 is 1.66 bits per heavy atom. The number of amides is 1. The molecule has 2 saturated carbocycles. The van der Waals surface area contributed by atoms with Crippen LogP contribution in [0.5, 0.6) is 0 Å². The van der Waals surface area contributed by atoms with Gasteiger partial charge in [0, 0.05) is 49.5 Å². The molecule has 0 spiro atoms. The van der Waals surface area contributed by atoms with Gasteiger partial charge in [0.25, 0.3) is 5.92 Å². The number of benzene rings is 2. The van der Waals surface area contributed by atoms with Crippen molar-refractivity contribution in [2.45, 2.75) is 62.4 Å². The van der Waals surface area contributed by atoms with Crippen molar-refractivity contribution >= 4 is 11.6 Å². The van der Waals surface area contributed by atoms with E-state index in [9.17, 15) is 13.6 Å². The first-order chi connectivity index (χ1) is 19.8. The van der Waals surface area contributed by atoms with Crippen molar-refractivity contribution in [2.75, 3.05) is 31.6 Å². The number of ether oxygens (including phenoxy) is 1. The molecule has 3 aliphatic rings. The zero-order valence-electron chi connectivity index (χ0n) is 23.3. The first kappa shape index (κ1) is 27.9. The second-order valence-electron chi connectivity index (χ2n) is 12.0. The summed E-state index contributed by atoms with van der Waals surface area (Å²) in [4.78, 5) is 20.3. The maximum atomic E-state index is 13.5. The molecular formula is C33H38F2N4O2. The standard InChI is InChI=1S/C33H38F2N4O2/c34-33(35)21-32(36,22-33)26-10-8-25(9-11-26)31-29(24-4-2-1-3-5-24)19-27(20-37-31)38-30(40)18-23-6-12-28(13-7-23)39-14-16-41-17-15-39/h1-5,8-11,19-20,23,28H,6-7,12-18,21-22,36H2,(H,38,40)/t23-,28-. The summed E-state index contributed by atoms with van der Waals surface area (Å²) >= 11 is 0. The third kappa shape index (κ3) is 6.35. The third-order valence-electron chi connectivity index (χ3n) is 8.99. The number of anilines is 1. The quantitative estimate of drug-likeness (QED) is 0.359. The van der Waals surface area contributed by atoms with E-state index in [1.165, 1.54) is 0 Å². The Labute approximate surface area is 240 Å². The summed E-state index contributed by atoms with van der Waals surface area (Å²) in [6.45, 7) is 3.67. The number of alkyl halides is 2. The lowest BCUT2D eigenvalue weighted by atomic mass is 9.70. The molecule has 0 radical (unpaired) electrons. The van der Waals surface area contributed by atoms with Crippen molar-refractivity contribution in [1.29, 1.82) is 0 Å². The van der Waals surface area contributed by atoms with E-state index in [0.717, 1.165) is 74.4 Å². The first-order valence-electron chi connectivity index (χ1n) is 14.7. The minimum absolute atomic E-state index is 0.0169. The SMILES string of the molecule is NC1(c2ccc(-c3ncc(NC(=O)C[C@H]4CC[C@H](N5CCOCC5)CC4)cc3-c3ccccc3)cc2)CC(F)(F)C1. The summed E-state index contributed by atoms with van der Waals surface area (Å²) in [5.74, 6) is -2.28. The lowest BCUT2D eigenvalue weighted by Gasteiger charge is -2.44. The van der Waals surface area contributed by atoms with Crippen LogP contribution in [0.25, 0.3) is 22.4 Å². The van der Waals surface area contributed by atoms with Gasteiger partial charge in [0.15, 0.2) is 0 Å². The molecule has 0 bridgehead atoms. The van der Waals surface area contributed by atoms with Gasteiger partial charge in [0.05, 0.1) is 36.3 Å². The number of morpholine rings is 1. The van der Waals surface area contributed by atoms with Crippen molar-refractivity contribution in [3.8, 4) is 22.4 Å². The second kappa shape index (κ2) is 11.6. The number of hydrogen-bond acceptors (Lipinski definition) is 5. The first-order valence-corrected chi connectivity index (χ1v) is 14.7. The number of pyridine rings is 1. The molecule has 2 aromatic carbocycles. The van der Waals surface area contributed by atoms with E-state index < -0.39 is 11.5 Å².